The van der Waals surface area contributed by atoms with Crippen molar-refractivity contribution in [3.8, 4) is 0 Å². The molecule has 1 saturated heterocycles. The van der Waals surface area contributed by atoms with Gasteiger partial charge >= 0.3 is 0 Å². The van der Waals surface area contributed by atoms with Crippen LogP contribution in [-0.4, -0.2) is 35.6 Å². The first-order valence-corrected chi connectivity index (χ1v) is 4.70. The molecule has 68 valence electrons. The first-order chi connectivity index (χ1) is 5.81. The molecule has 0 radical (unpaired) electrons. The van der Waals surface area contributed by atoms with Crippen LogP contribution in [0.25, 0.3) is 0 Å². The minimum absolute atomic E-state index is 0.106. The van der Waals surface area contributed by atoms with Crippen molar-refractivity contribution in [1.82, 2.24) is 4.90 Å². The van der Waals surface area contributed by atoms with Gasteiger partial charge in [-0.1, -0.05) is 19.3 Å². The Kier molecular flexibility index (Phi) is 2.05. The van der Waals surface area contributed by atoms with E-state index >= 15 is 0 Å². The summed E-state index contributed by atoms with van der Waals surface area (Å²) >= 11 is 0. The molecule has 2 fully saturated rings. The zero-order chi connectivity index (χ0) is 8.55. The van der Waals surface area contributed by atoms with Crippen LogP contribution in [0.1, 0.15) is 19.3 Å². The molecule has 1 amide bonds. The highest BCUT2D eigenvalue weighted by Gasteiger charge is 2.37. The van der Waals surface area contributed by atoms with E-state index in [-0.39, 0.29) is 12.5 Å². The molecule has 0 unspecified atom stereocenters. The highest BCUT2D eigenvalue weighted by atomic mass is 16.3. The van der Waals surface area contributed by atoms with Gasteiger partial charge in [0.05, 0.1) is 0 Å². The van der Waals surface area contributed by atoms with Crippen LogP contribution >= 0.6 is 0 Å². The predicted octanol–water partition coefficient (Wildman–Crippen LogP) is 0.237. The van der Waals surface area contributed by atoms with Gasteiger partial charge in [-0.3, -0.25) is 4.79 Å². The molecule has 0 bridgehead atoms. The lowest BCUT2D eigenvalue weighted by Gasteiger charge is -2.46. The van der Waals surface area contributed by atoms with Crippen molar-refractivity contribution in [2.75, 3.05) is 19.7 Å². The van der Waals surface area contributed by atoms with Crippen LogP contribution in [0, 0.1) is 11.8 Å². The average Bonchev–Trinajstić information content (AvgIpc) is 1.90. The second kappa shape index (κ2) is 3.05. The van der Waals surface area contributed by atoms with Gasteiger partial charge in [0, 0.05) is 13.1 Å². The summed E-state index contributed by atoms with van der Waals surface area (Å²) in [6.07, 6.45) is 4.08. The van der Waals surface area contributed by atoms with Crippen LogP contribution < -0.4 is 0 Å². The van der Waals surface area contributed by atoms with Crippen molar-refractivity contribution < 1.29 is 9.90 Å². The summed E-state index contributed by atoms with van der Waals surface area (Å²) in [7, 11) is 0. The lowest BCUT2D eigenvalue weighted by Crippen LogP contribution is -2.54. The standard InChI is InChI=1S/C9H15NO2/c11-6-9(12)10-4-8(5-10)7-2-1-3-7/h7-8,11H,1-6H2. The summed E-state index contributed by atoms with van der Waals surface area (Å²) in [6.45, 7) is 1.46. The number of amides is 1. The van der Waals surface area contributed by atoms with E-state index in [1.165, 1.54) is 19.3 Å². The van der Waals surface area contributed by atoms with E-state index in [2.05, 4.69) is 0 Å². The number of carbonyl (C=O) groups is 1. The van der Waals surface area contributed by atoms with Gasteiger partial charge in [-0.15, -0.1) is 0 Å². The largest absolute Gasteiger partial charge is 0.387 e. The van der Waals surface area contributed by atoms with E-state index in [0.29, 0.717) is 0 Å². The Morgan fingerprint density at radius 2 is 2.00 bits per heavy atom. The van der Waals surface area contributed by atoms with Gasteiger partial charge in [-0.05, 0) is 11.8 Å². The van der Waals surface area contributed by atoms with Crippen molar-refractivity contribution in [3.63, 3.8) is 0 Å². The molecule has 1 saturated carbocycles. The maximum Gasteiger partial charge on any atom is 0.248 e. The molecule has 0 aromatic heterocycles. The molecule has 3 heteroatoms. The van der Waals surface area contributed by atoms with Crippen molar-refractivity contribution >= 4 is 5.91 Å². The van der Waals surface area contributed by atoms with Crippen molar-refractivity contribution in [3.05, 3.63) is 0 Å². The van der Waals surface area contributed by atoms with Gasteiger partial charge in [-0.2, -0.15) is 0 Å². The highest BCUT2D eigenvalue weighted by molar-refractivity contribution is 5.77. The molecule has 1 N–H and O–H groups in total. The summed E-state index contributed by atoms with van der Waals surface area (Å²) < 4.78 is 0. The van der Waals surface area contributed by atoms with E-state index in [9.17, 15) is 4.79 Å². The maximum atomic E-state index is 10.9. The Bertz CT molecular complexity index is 183. The second-order valence-electron chi connectivity index (χ2n) is 3.91. The fourth-order valence-electron chi connectivity index (χ4n) is 2.03. The van der Waals surface area contributed by atoms with Crippen LogP contribution in [0.2, 0.25) is 0 Å². The smallest absolute Gasteiger partial charge is 0.248 e. The van der Waals surface area contributed by atoms with Gasteiger partial charge in [0.2, 0.25) is 5.91 Å². The van der Waals surface area contributed by atoms with Crippen LogP contribution in [0.4, 0.5) is 0 Å². The van der Waals surface area contributed by atoms with E-state index in [1.54, 1.807) is 4.90 Å². The van der Waals surface area contributed by atoms with Gasteiger partial charge in [0.15, 0.2) is 0 Å². The highest BCUT2D eigenvalue weighted by Crippen LogP contribution is 2.37. The van der Waals surface area contributed by atoms with E-state index in [0.717, 1.165) is 24.9 Å². The number of aliphatic hydroxyl groups excluding tert-OH is 1. The number of aliphatic hydroxyl groups is 1. The lowest BCUT2D eigenvalue weighted by atomic mass is 9.72. The van der Waals surface area contributed by atoms with Crippen LogP contribution in [0.3, 0.4) is 0 Å². The van der Waals surface area contributed by atoms with Gasteiger partial charge < -0.3 is 10.0 Å². The SMILES string of the molecule is O=C(CO)N1CC(C2CCC2)C1. The predicted molar refractivity (Wildman–Crippen MR) is 44.5 cm³/mol. The number of nitrogens with zero attached hydrogens (tertiary/aromatic N) is 1. The van der Waals surface area contributed by atoms with E-state index in [1.807, 2.05) is 0 Å². The molecule has 0 atom stereocenters. The van der Waals surface area contributed by atoms with Crippen molar-refractivity contribution in [2.24, 2.45) is 11.8 Å². The quantitative estimate of drug-likeness (QED) is 0.643. The molecule has 0 aromatic carbocycles. The van der Waals surface area contributed by atoms with Crippen LogP contribution in [0.15, 0.2) is 0 Å². The first-order valence-electron chi connectivity index (χ1n) is 4.70. The zero-order valence-electron chi connectivity index (χ0n) is 7.20. The number of carbonyl (C=O) groups excluding carboxylic acids is 1. The second-order valence-corrected chi connectivity index (χ2v) is 3.91. The molecular formula is C9H15NO2. The lowest BCUT2D eigenvalue weighted by molar-refractivity contribution is -0.142. The number of rotatable bonds is 2. The third kappa shape index (κ3) is 1.22. The molecule has 0 aromatic rings. The van der Waals surface area contributed by atoms with Gasteiger partial charge in [0.25, 0.3) is 0 Å². The summed E-state index contributed by atoms with van der Waals surface area (Å²) in [5, 5.41) is 8.58. The van der Waals surface area contributed by atoms with Crippen LogP contribution in [-0.2, 0) is 4.79 Å². The monoisotopic (exact) mass is 169 g/mol. The molecule has 3 nitrogen and oxygen atoms in total. The molecule has 1 heterocycles. The average molecular weight is 169 g/mol. The summed E-state index contributed by atoms with van der Waals surface area (Å²) in [4.78, 5) is 12.7. The number of likely N-dealkylation sites (tertiary alicyclic amines) is 1. The van der Waals surface area contributed by atoms with Crippen LogP contribution in [0.5, 0.6) is 0 Å². The minimum atomic E-state index is -0.322. The molecule has 0 spiro atoms. The molecule has 2 rings (SSSR count). The van der Waals surface area contributed by atoms with Crippen molar-refractivity contribution in [2.45, 2.75) is 19.3 Å². The van der Waals surface area contributed by atoms with Gasteiger partial charge in [-0.25, -0.2) is 0 Å². The Morgan fingerprint density at radius 1 is 1.33 bits per heavy atom. The number of hydrogen-bond donors (Lipinski definition) is 1. The summed E-state index contributed by atoms with van der Waals surface area (Å²) in [6, 6.07) is 0. The molecule has 2 aliphatic rings. The first kappa shape index (κ1) is 8.05. The minimum Gasteiger partial charge on any atom is -0.387 e. The fraction of sp³-hybridized carbons (Fsp3) is 0.889. The fourth-order valence-corrected chi connectivity index (χ4v) is 2.03. The third-order valence-corrected chi connectivity index (χ3v) is 3.21. The van der Waals surface area contributed by atoms with E-state index in [4.69, 9.17) is 5.11 Å². The summed E-state index contributed by atoms with van der Waals surface area (Å²) in [5.41, 5.74) is 0. The molecule has 1 aliphatic carbocycles. The Labute approximate surface area is 72.4 Å². The molecule has 1 aliphatic heterocycles. The zero-order valence-corrected chi connectivity index (χ0v) is 7.20. The Morgan fingerprint density at radius 3 is 2.42 bits per heavy atom. The normalized spacial score (nSPS) is 24.9. The topological polar surface area (TPSA) is 40.5 Å². The molecule has 12 heavy (non-hydrogen) atoms. The maximum absolute atomic E-state index is 10.9. The third-order valence-electron chi connectivity index (χ3n) is 3.21. The summed E-state index contributed by atoms with van der Waals surface area (Å²) in [5.74, 6) is 1.52. The van der Waals surface area contributed by atoms with Crippen molar-refractivity contribution in [1.29, 1.82) is 0 Å². The van der Waals surface area contributed by atoms with Gasteiger partial charge in [0.1, 0.15) is 6.61 Å². The van der Waals surface area contributed by atoms with E-state index < -0.39 is 0 Å². The Balaban J connectivity index is 1.72. The molecular weight excluding hydrogens is 154 g/mol. The Hall–Kier alpha value is -0.570. The number of hydrogen-bond acceptors (Lipinski definition) is 2.